The Bertz CT molecular complexity index is 1080. The molecule has 0 radical (unpaired) electrons. The van der Waals surface area contributed by atoms with E-state index < -0.39 is 29.9 Å². The molecule has 144 valence electrons. The zero-order chi connectivity index (χ0) is 20.1. The van der Waals surface area contributed by atoms with Crippen LogP contribution in [0.3, 0.4) is 0 Å². The summed E-state index contributed by atoms with van der Waals surface area (Å²) in [6.45, 7) is 1.20. The molecule has 2 heterocycles. The normalized spacial score (nSPS) is 10.5. The summed E-state index contributed by atoms with van der Waals surface area (Å²) in [5.41, 5.74) is 0.697. The van der Waals surface area contributed by atoms with Gasteiger partial charge in [-0.1, -0.05) is 11.6 Å². The first-order valence-corrected chi connectivity index (χ1v) is 8.24. The van der Waals surface area contributed by atoms with Gasteiger partial charge in [-0.3, -0.25) is 14.9 Å². The Balaban J connectivity index is 1.54. The number of imide groups is 1. The van der Waals surface area contributed by atoms with Crippen molar-refractivity contribution < 1.29 is 28.0 Å². The number of hydrogen-bond acceptors (Lipinski definition) is 7. The van der Waals surface area contributed by atoms with Gasteiger partial charge >= 0.3 is 12.0 Å². The van der Waals surface area contributed by atoms with Crippen molar-refractivity contribution in [2.75, 3.05) is 6.61 Å². The number of hydrogen-bond donors (Lipinski definition) is 2. The van der Waals surface area contributed by atoms with E-state index in [9.17, 15) is 19.2 Å². The van der Waals surface area contributed by atoms with Gasteiger partial charge < -0.3 is 18.9 Å². The summed E-state index contributed by atoms with van der Waals surface area (Å²) in [6, 6.07) is 8.48. The summed E-state index contributed by atoms with van der Waals surface area (Å²) in [7, 11) is 0. The molecule has 9 nitrogen and oxygen atoms in total. The smallest absolute Gasteiger partial charge is 0.374 e. The van der Waals surface area contributed by atoms with E-state index >= 15 is 0 Å². The molecule has 0 saturated heterocycles. The van der Waals surface area contributed by atoms with E-state index in [1.54, 1.807) is 30.3 Å². The lowest BCUT2D eigenvalue weighted by Gasteiger charge is -2.07. The van der Waals surface area contributed by atoms with Gasteiger partial charge in [0.15, 0.2) is 12.0 Å². The quantitative estimate of drug-likeness (QED) is 0.643. The average Bonchev–Trinajstić information content (AvgIpc) is 3.18. The third-order valence-electron chi connectivity index (χ3n) is 3.67. The van der Waals surface area contributed by atoms with Crippen LogP contribution in [-0.2, 0) is 16.1 Å². The van der Waals surface area contributed by atoms with E-state index in [1.807, 2.05) is 12.2 Å². The zero-order valence-corrected chi connectivity index (χ0v) is 14.8. The lowest BCUT2D eigenvalue weighted by Crippen LogP contribution is -2.41. The van der Waals surface area contributed by atoms with Crippen LogP contribution in [0.2, 0.25) is 0 Å². The van der Waals surface area contributed by atoms with Crippen molar-refractivity contribution in [3.8, 4) is 0 Å². The molecule has 0 aliphatic rings. The second-order valence-corrected chi connectivity index (χ2v) is 5.86. The SMILES string of the molecule is Cc1ccc2oc(C(=O)OCC(=O)NC(=O)NCc3ccco3)cc(=O)c2c1. The monoisotopic (exact) mass is 384 g/mol. The Kier molecular flexibility index (Phi) is 5.54. The standard InChI is InChI=1S/C19H16N2O7/c1-11-4-5-15-13(7-11)14(22)8-16(28-15)18(24)27-10-17(23)21-19(25)20-9-12-3-2-6-26-12/h2-8H,9-10H2,1H3,(H2,20,21,23,25). The van der Waals surface area contributed by atoms with Gasteiger partial charge in [0.2, 0.25) is 5.76 Å². The Morgan fingerprint density at radius 2 is 1.96 bits per heavy atom. The number of amides is 3. The number of benzene rings is 1. The lowest BCUT2D eigenvalue weighted by molar-refractivity contribution is -0.123. The molecule has 0 saturated carbocycles. The Labute approximate surface area is 158 Å². The van der Waals surface area contributed by atoms with Crippen LogP contribution in [0.25, 0.3) is 11.0 Å². The van der Waals surface area contributed by atoms with Gasteiger partial charge in [-0.15, -0.1) is 0 Å². The topological polar surface area (TPSA) is 128 Å². The molecule has 2 aromatic heterocycles. The van der Waals surface area contributed by atoms with E-state index in [4.69, 9.17) is 13.6 Å². The molecule has 0 fully saturated rings. The molecule has 0 spiro atoms. The fraction of sp³-hybridized carbons (Fsp3) is 0.158. The maximum atomic E-state index is 12.1. The third-order valence-corrected chi connectivity index (χ3v) is 3.67. The molecular weight excluding hydrogens is 368 g/mol. The highest BCUT2D eigenvalue weighted by Crippen LogP contribution is 2.14. The Morgan fingerprint density at radius 1 is 1.14 bits per heavy atom. The Hall–Kier alpha value is -3.88. The van der Waals surface area contributed by atoms with Gasteiger partial charge in [-0.05, 0) is 31.2 Å². The molecule has 3 rings (SSSR count). The minimum absolute atomic E-state index is 0.0909. The molecular formula is C19H16N2O7. The summed E-state index contributed by atoms with van der Waals surface area (Å²) in [5, 5.41) is 4.73. The minimum atomic E-state index is -0.995. The Morgan fingerprint density at radius 3 is 2.71 bits per heavy atom. The second-order valence-electron chi connectivity index (χ2n) is 5.86. The predicted molar refractivity (Wildman–Crippen MR) is 96.6 cm³/mol. The maximum absolute atomic E-state index is 12.1. The third kappa shape index (κ3) is 4.64. The second kappa shape index (κ2) is 8.21. The molecule has 0 aliphatic heterocycles. The summed E-state index contributed by atoms with van der Waals surface area (Å²) >= 11 is 0. The van der Waals surface area contributed by atoms with Crippen LogP contribution >= 0.6 is 0 Å². The molecule has 0 aliphatic carbocycles. The van der Waals surface area contributed by atoms with Crippen LogP contribution in [-0.4, -0.2) is 24.5 Å². The lowest BCUT2D eigenvalue weighted by atomic mass is 10.1. The highest BCUT2D eigenvalue weighted by Gasteiger charge is 2.16. The zero-order valence-electron chi connectivity index (χ0n) is 14.8. The van der Waals surface area contributed by atoms with Crippen LogP contribution in [0.5, 0.6) is 0 Å². The number of furan rings is 1. The number of carbonyl (C=O) groups is 3. The van der Waals surface area contributed by atoms with Gasteiger partial charge in [0.05, 0.1) is 18.2 Å². The van der Waals surface area contributed by atoms with Gasteiger partial charge in [0, 0.05) is 6.07 Å². The number of esters is 1. The maximum Gasteiger partial charge on any atom is 0.374 e. The number of carbonyl (C=O) groups excluding carboxylic acids is 3. The van der Waals surface area contributed by atoms with E-state index in [0.29, 0.717) is 11.1 Å². The fourth-order valence-electron chi connectivity index (χ4n) is 2.36. The predicted octanol–water partition coefficient (Wildman–Crippen LogP) is 1.88. The van der Waals surface area contributed by atoms with Crippen molar-refractivity contribution in [3.05, 3.63) is 70.0 Å². The van der Waals surface area contributed by atoms with Gasteiger partial charge in [0.1, 0.15) is 11.3 Å². The summed E-state index contributed by atoms with van der Waals surface area (Å²) in [5.74, 6) is -1.67. The largest absolute Gasteiger partial charge is 0.467 e. The number of rotatable bonds is 5. The van der Waals surface area contributed by atoms with Crippen molar-refractivity contribution in [1.82, 2.24) is 10.6 Å². The molecule has 0 atom stereocenters. The highest BCUT2D eigenvalue weighted by molar-refractivity contribution is 5.96. The van der Waals surface area contributed by atoms with Gasteiger partial charge in [0.25, 0.3) is 5.91 Å². The van der Waals surface area contributed by atoms with Crippen molar-refractivity contribution in [3.63, 3.8) is 0 Å². The first kappa shape index (κ1) is 18.9. The molecule has 3 amide bonds. The highest BCUT2D eigenvalue weighted by atomic mass is 16.5. The van der Waals surface area contributed by atoms with Crippen LogP contribution < -0.4 is 16.1 Å². The van der Waals surface area contributed by atoms with Crippen molar-refractivity contribution >= 4 is 28.9 Å². The number of ether oxygens (including phenoxy) is 1. The number of fused-ring (bicyclic) bond motifs is 1. The van der Waals surface area contributed by atoms with E-state index in [1.165, 1.54) is 6.26 Å². The van der Waals surface area contributed by atoms with Crippen molar-refractivity contribution in [1.29, 1.82) is 0 Å². The molecule has 2 N–H and O–H groups in total. The van der Waals surface area contributed by atoms with Crippen LogP contribution in [0.4, 0.5) is 4.79 Å². The van der Waals surface area contributed by atoms with Crippen LogP contribution in [0, 0.1) is 6.92 Å². The number of aryl methyl sites for hydroxylation is 1. The van der Waals surface area contributed by atoms with Crippen molar-refractivity contribution in [2.45, 2.75) is 13.5 Å². The number of nitrogens with one attached hydrogen (secondary N) is 2. The first-order chi connectivity index (χ1) is 13.4. The molecule has 1 aromatic carbocycles. The average molecular weight is 384 g/mol. The number of urea groups is 1. The molecule has 0 unspecified atom stereocenters. The van der Waals surface area contributed by atoms with Gasteiger partial charge in [-0.25, -0.2) is 9.59 Å². The minimum Gasteiger partial charge on any atom is -0.467 e. The van der Waals surface area contributed by atoms with Crippen molar-refractivity contribution in [2.24, 2.45) is 0 Å². The molecule has 0 bridgehead atoms. The van der Waals surface area contributed by atoms with Gasteiger partial charge in [-0.2, -0.15) is 0 Å². The van der Waals surface area contributed by atoms with Crippen LogP contribution in [0.1, 0.15) is 21.9 Å². The first-order valence-electron chi connectivity index (χ1n) is 8.24. The summed E-state index contributed by atoms with van der Waals surface area (Å²) in [6.07, 6.45) is 1.45. The van der Waals surface area contributed by atoms with E-state index in [-0.39, 0.29) is 17.9 Å². The summed E-state index contributed by atoms with van der Waals surface area (Å²) in [4.78, 5) is 47.4. The molecule has 3 aromatic rings. The fourth-order valence-corrected chi connectivity index (χ4v) is 2.36. The van der Waals surface area contributed by atoms with Crippen LogP contribution in [0.15, 0.2) is 56.3 Å². The molecule has 28 heavy (non-hydrogen) atoms. The summed E-state index contributed by atoms with van der Waals surface area (Å²) < 4.78 is 15.2. The van der Waals surface area contributed by atoms with E-state index in [2.05, 4.69) is 5.32 Å². The molecule has 9 heteroatoms. The van der Waals surface area contributed by atoms with E-state index in [0.717, 1.165) is 11.6 Å².